The molecule has 0 atom stereocenters. The Balaban J connectivity index is 2.33. The van der Waals surface area contributed by atoms with E-state index in [1.807, 2.05) is 0 Å². The Hall–Kier alpha value is -2.25. The Morgan fingerprint density at radius 3 is 2.04 bits per heavy atom. The number of halogens is 1. The smallest absolute Gasteiger partial charge is 0.338 e. The van der Waals surface area contributed by atoms with Crippen molar-refractivity contribution < 1.29 is 22.7 Å². The average Bonchev–Trinajstić information content (AvgIpc) is 2.44. The van der Waals surface area contributed by atoms with Gasteiger partial charge in [-0.05, 0) is 56.2 Å². The van der Waals surface area contributed by atoms with E-state index in [-0.39, 0.29) is 4.90 Å². The average molecular weight is 351 g/mol. The maximum Gasteiger partial charge on any atom is 0.338 e. The highest BCUT2D eigenvalue weighted by atomic mass is 32.2. The van der Waals surface area contributed by atoms with E-state index in [1.165, 1.54) is 24.3 Å². The van der Waals surface area contributed by atoms with Gasteiger partial charge in [0.05, 0.1) is 10.5 Å². The fraction of sp³-hybridized carbons (Fsp3) is 0.235. The zero-order valence-electron chi connectivity index (χ0n) is 13.5. The maximum atomic E-state index is 13.8. The number of carboxylic acids is 1. The topological polar surface area (TPSA) is 83.5 Å². The summed E-state index contributed by atoms with van der Waals surface area (Å²) in [6.45, 7) is 5.23. The number of hydrogen-bond donors (Lipinski definition) is 2. The van der Waals surface area contributed by atoms with Crippen molar-refractivity contribution in [3.63, 3.8) is 0 Å². The van der Waals surface area contributed by atoms with E-state index in [0.29, 0.717) is 11.1 Å². The lowest BCUT2D eigenvalue weighted by Gasteiger charge is -2.20. The van der Waals surface area contributed by atoms with Crippen molar-refractivity contribution in [1.29, 1.82) is 0 Å². The highest BCUT2D eigenvalue weighted by molar-refractivity contribution is 7.89. The lowest BCUT2D eigenvalue weighted by molar-refractivity contribution is 0.0692. The monoisotopic (exact) mass is 351 g/mol. The number of benzene rings is 2. The van der Waals surface area contributed by atoms with Crippen LogP contribution in [0.5, 0.6) is 0 Å². The van der Waals surface area contributed by atoms with Crippen LogP contribution in [0.4, 0.5) is 4.39 Å². The first-order chi connectivity index (χ1) is 11.0. The van der Waals surface area contributed by atoms with Gasteiger partial charge in [0.25, 0.3) is 0 Å². The van der Waals surface area contributed by atoms with Crippen LogP contribution in [0.15, 0.2) is 47.4 Å². The minimum atomic E-state index is -3.64. The zero-order chi connectivity index (χ0) is 18.1. The molecule has 128 valence electrons. The molecule has 0 amide bonds. The molecule has 0 saturated carbocycles. The third-order valence-corrected chi connectivity index (χ3v) is 4.91. The molecule has 0 saturated heterocycles. The Morgan fingerprint density at radius 1 is 1.04 bits per heavy atom. The number of carboxylic acid groups (broad SMARTS) is 1. The van der Waals surface area contributed by atoms with E-state index in [0.717, 1.165) is 6.07 Å². The van der Waals surface area contributed by atoms with Gasteiger partial charge in [-0.1, -0.05) is 18.2 Å². The van der Waals surface area contributed by atoms with Crippen molar-refractivity contribution in [2.24, 2.45) is 0 Å². The fourth-order valence-corrected chi connectivity index (χ4v) is 3.58. The second kappa shape index (κ2) is 6.33. The molecule has 0 bridgehead atoms. The van der Waals surface area contributed by atoms with Crippen LogP contribution in [0, 0.1) is 5.82 Å². The van der Waals surface area contributed by atoms with Crippen molar-refractivity contribution >= 4 is 16.0 Å². The molecule has 2 N–H and O–H groups in total. The van der Waals surface area contributed by atoms with Crippen LogP contribution in [-0.2, 0) is 10.0 Å². The summed E-state index contributed by atoms with van der Waals surface area (Å²) in [6, 6.07) is 9.71. The molecule has 2 rings (SSSR count). The molecule has 0 fully saturated rings. The lowest BCUT2D eigenvalue weighted by Crippen LogP contribution is -2.40. The van der Waals surface area contributed by atoms with E-state index < -0.39 is 32.9 Å². The third-order valence-electron chi connectivity index (χ3n) is 3.14. The van der Waals surface area contributed by atoms with Crippen molar-refractivity contribution in [2.45, 2.75) is 31.2 Å². The molecule has 0 aliphatic rings. The summed E-state index contributed by atoms with van der Waals surface area (Å²) in [5, 5.41) is 8.83. The predicted molar refractivity (Wildman–Crippen MR) is 88.9 cm³/mol. The second-order valence-electron chi connectivity index (χ2n) is 6.38. The molecule has 24 heavy (non-hydrogen) atoms. The van der Waals surface area contributed by atoms with Crippen LogP contribution in [-0.4, -0.2) is 25.0 Å². The van der Waals surface area contributed by atoms with Crippen LogP contribution >= 0.6 is 0 Å². The van der Waals surface area contributed by atoms with E-state index >= 15 is 0 Å². The SMILES string of the molecule is CC(C)(C)NS(=O)(=O)c1ccc(-c2ccc(C(=O)O)c(F)c2)cc1. The molecule has 7 heteroatoms. The first-order valence-corrected chi connectivity index (χ1v) is 8.65. The summed E-state index contributed by atoms with van der Waals surface area (Å²) in [7, 11) is -3.64. The minimum Gasteiger partial charge on any atom is -0.478 e. The third kappa shape index (κ3) is 4.18. The van der Waals surface area contributed by atoms with E-state index in [4.69, 9.17) is 5.11 Å². The van der Waals surface area contributed by atoms with E-state index in [9.17, 15) is 17.6 Å². The highest BCUT2D eigenvalue weighted by Gasteiger charge is 2.21. The zero-order valence-corrected chi connectivity index (χ0v) is 14.3. The maximum absolute atomic E-state index is 13.8. The van der Waals surface area contributed by atoms with Crippen LogP contribution < -0.4 is 4.72 Å². The van der Waals surface area contributed by atoms with Crippen LogP contribution in [0.3, 0.4) is 0 Å². The molecular formula is C17H18FNO4S. The van der Waals surface area contributed by atoms with Gasteiger partial charge >= 0.3 is 5.97 Å². The van der Waals surface area contributed by atoms with Crippen LogP contribution in [0.25, 0.3) is 11.1 Å². The number of sulfonamides is 1. The predicted octanol–water partition coefficient (Wildman–Crippen LogP) is 3.27. The molecule has 0 spiro atoms. The quantitative estimate of drug-likeness (QED) is 0.885. The molecule has 2 aromatic rings. The van der Waals surface area contributed by atoms with E-state index in [1.54, 1.807) is 32.9 Å². The molecule has 0 aliphatic carbocycles. The Morgan fingerprint density at radius 2 is 1.58 bits per heavy atom. The molecule has 5 nitrogen and oxygen atoms in total. The molecule has 0 radical (unpaired) electrons. The van der Waals surface area contributed by atoms with E-state index in [2.05, 4.69) is 4.72 Å². The number of aromatic carboxylic acids is 1. The van der Waals surface area contributed by atoms with Gasteiger partial charge in [-0.25, -0.2) is 22.3 Å². The molecule has 0 aromatic heterocycles. The first kappa shape index (κ1) is 18.1. The largest absolute Gasteiger partial charge is 0.478 e. The van der Waals surface area contributed by atoms with Crippen molar-refractivity contribution in [1.82, 2.24) is 4.72 Å². The van der Waals surface area contributed by atoms with Gasteiger partial charge < -0.3 is 5.11 Å². The standard InChI is InChI=1S/C17H18FNO4S/c1-17(2,3)19-24(22,23)13-7-4-11(5-8-13)12-6-9-14(16(20)21)15(18)10-12/h4-10,19H,1-3H3,(H,20,21). The Kier molecular flexibility index (Phi) is 4.77. The fourth-order valence-electron chi connectivity index (χ4n) is 2.16. The molecule has 0 heterocycles. The Bertz CT molecular complexity index is 868. The minimum absolute atomic E-state index is 0.101. The van der Waals surface area contributed by atoms with Crippen LogP contribution in [0.2, 0.25) is 0 Å². The summed E-state index contributed by atoms with van der Waals surface area (Å²) in [5.41, 5.74) is 0.0333. The summed E-state index contributed by atoms with van der Waals surface area (Å²) in [5.74, 6) is -2.18. The first-order valence-electron chi connectivity index (χ1n) is 7.17. The van der Waals surface area contributed by atoms with Gasteiger partial charge in [0, 0.05) is 5.54 Å². The summed E-state index contributed by atoms with van der Waals surface area (Å²) < 4.78 is 40.8. The number of carbonyl (C=O) groups is 1. The number of nitrogens with one attached hydrogen (secondary N) is 1. The molecule has 0 unspecified atom stereocenters. The van der Waals surface area contributed by atoms with Crippen molar-refractivity contribution in [2.75, 3.05) is 0 Å². The van der Waals surface area contributed by atoms with Gasteiger partial charge in [-0.15, -0.1) is 0 Å². The Labute approximate surface area is 140 Å². The number of hydrogen-bond acceptors (Lipinski definition) is 3. The molecular weight excluding hydrogens is 333 g/mol. The summed E-state index contributed by atoms with van der Waals surface area (Å²) in [6.07, 6.45) is 0. The second-order valence-corrected chi connectivity index (χ2v) is 8.06. The normalized spacial score (nSPS) is 12.2. The van der Waals surface area contributed by atoms with Gasteiger partial charge in [0.15, 0.2) is 0 Å². The van der Waals surface area contributed by atoms with Crippen molar-refractivity contribution in [3.05, 3.63) is 53.8 Å². The van der Waals surface area contributed by atoms with Gasteiger partial charge in [0.1, 0.15) is 5.82 Å². The van der Waals surface area contributed by atoms with Gasteiger partial charge in [0.2, 0.25) is 10.0 Å². The molecule has 0 aliphatic heterocycles. The summed E-state index contributed by atoms with van der Waals surface area (Å²) >= 11 is 0. The van der Waals surface area contributed by atoms with Crippen LogP contribution in [0.1, 0.15) is 31.1 Å². The van der Waals surface area contributed by atoms with Gasteiger partial charge in [-0.2, -0.15) is 0 Å². The number of rotatable bonds is 4. The molecule has 2 aromatic carbocycles. The van der Waals surface area contributed by atoms with Crippen molar-refractivity contribution in [3.8, 4) is 11.1 Å². The summed E-state index contributed by atoms with van der Waals surface area (Å²) in [4.78, 5) is 10.9. The van der Waals surface area contributed by atoms with Gasteiger partial charge in [-0.3, -0.25) is 0 Å². The highest BCUT2D eigenvalue weighted by Crippen LogP contribution is 2.24. The lowest BCUT2D eigenvalue weighted by atomic mass is 10.0.